The second-order valence-electron chi connectivity index (χ2n) is 7.19. The Balaban J connectivity index is 2.07. The van der Waals surface area contributed by atoms with Crippen LogP contribution >= 0.6 is 0 Å². The van der Waals surface area contributed by atoms with E-state index in [2.05, 4.69) is 15.6 Å². The quantitative estimate of drug-likeness (QED) is 0.854. The predicted octanol–water partition coefficient (Wildman–Crippen LogP) is 2.59. The topological polar surface area (TPSA) is 76.9 Å². The van der Waals surface area contributed by atoms with E-state index in [1.807, 2.05) is 6.92 Å². The average Bonchev–Trinajstić information content (AvgIpc) is 2.99. The molecular weight excluding hydrogens is 381 g/mol. The van der Waals surface area contributed by atoms with E-state index >= 15 is 0 Å². The summed E-state index contributed by atoms with van der Waals surface area (Å²) in [4.78, 5) is 0. The zero-order valence-corrected chi connectivity index (χ0v) is 16.0. The number of sulfone groups is 1. The van der Waals surface area contributed by atoms with Crippen molar-refractivity contribution in [2.45, 2.75) is 42.8 Å². The molecule has 1 aromatic heterocycles. The van der Waals surface area contributed by atoms with Crippen LogP contribution in [-0.4, -0.2) is 35.7 Å². The van der Waals surface area contributed by atoms with Crippen molar-refractivity contribution in [2.24, 2.45) is 7.05 Å². The first-order valence-corrected chi connectivity index (χ1v) is 10.3. The van der Waals surface area contributed by atoms with E-state index in [4.69, 9.17) is 0 Å². The van der Waals surface area contributed by atoms with Crippen LogP contribution in [0.3, 0.4) is 0 Å². The van der Waals surface area contributed by atoms with Gasteiger partial charge in [-0.25, -0.2) is 8.42 Å². The van der Waals surface area contributed by atoms with Gasteiger partial charge in [0.25, 0.3) is 0 Å². The first-order valence-electron chi connectivity index (χ1n) is 8.42. The number of benzene rings is 1. The molecular formula is C17H21F3N4O2S. The number of rotatable bonds is 3. The highest BCUT2D eigenvalue weighted by molar-refractivity contribution is 7.91. The molecule has 0 spiro atoms. The number of nitrogens with zero attached hydrogens (tertiary/aromatic N) is 3. The van der Waals surface area contributed by atoms with E-state index in [0.717, 1.165) is 18.4 Å². The third-order valence-electron chi connectivity index (χ3n) is 5.08. The fourth-order valence-electron chi connectivity index (χ4n) is 3.80. The minimum absolute atomic E-state index is 0.167. The molecule has 10 heteroatoms. The van der Waals surface area contributed by atoms with Crippen LogP contribution in [0.5, 0.6) is 0 Å². The standard InChI is InChI=1S/C17H21F3N4O2S/c1-11-8-16(27(3,25)26,9-14(21-11)15-10-24(2)23-22-15)12-4-6-13(7-5-12)17(18,19)20/h4-7,10-11,14,21H,8-9H2,1-3H3/t11-,14-,16-/m0/s1. The third-order valence-corrected chi connectivity index (χ3v) is 7.07. The largest absolute Gasteiger partial charge is 0.416 e. The number of aromatic nitrogens is 3. The Hall–Kier alpha value is -1.94. The van der Waals surface area contributed by atoms with Crippen LogP contribution in [0.25, 0.3) is 0 Å². The summed E-state index contributed by atoms with van der Waals surface area (Å²) in [6.07, 6.45) is -1.21. The van der Waals surface area contributed by atoms with Crippen LogP contribution in [0.4, 0.5) is 13.2 Å². The molecule has 1 fully saturated rings. The molecule has 0 aliphatic carbocycles. The highest BCUT2D eigenvalue weighted by Crippen LogP contribution is 2.46. The van der Waals surface area contributed by atoms with E-state index in [0.29, 0.717) is 11.3 Å². The summed E-state index contributed by atoms with van der Waals surface area (Å²) < 4.78 is 64.6. The monoisotopic (exact) mass is 402 g/mol. The third kappa shape index (κ3) is 3.73. The molecule has 6 nitrogen and oxygen atoms in total. The molecule has 0 saturated carbocycles. The number of alkyl halides is 3. The van der Waals surface area contributed by atoms with Gasteiger partial charge in [-0.3, -0.25) is 4.68 Å². The molecule has 2 heterocycles. The first kappa shape index (κ1) is 19.8. The Bertz CT molecular complexity index is 924. The molecule has 148 valence electrons. The summed E-state index contributed by atoms with van der Waals surface area (Å²) in [6, 6.07) is 3.87. The average molecular weight is 402 g/mol. The maximum absolute atomic E-state index is 12.9. The first-order chi connectivity index (χ1) is 12.4. The zero-order chi connectivity index (χ0) is 20.0. The van der Waals surface area contributed by atoms with Crippen molar-refractivity contribution < 1.29 is 21.6 Å². The van der Waals surface area contributed by atoms with Gasteiger partial charge in [0.2, 0.25) is 0 Å². The number of aryl methyl sites for hydroxylation is 1. The van der Waals surface area contributed by atoms with Gasteiger partial charge in [0.15, 0.2) is 9.84 Å². The fraction of sp³-hybridized carbons (Fsp3) is 0.529. The minimum atomic E-state index is -4.47. The molecule has 1 aliphatic heterocycles. The lowest BCUT2D eigenvalue weighted by Crippen LogP contribution is -2.50. The number of hydrogen-bond acceptors (Lipinski definition) is 5. The Kier molecular flexibility index (Phi) is 4.84. The number of piperidine rings is 1. The van der Waals surface area contributed by atoms with Gasteiger partial charge in [0, 0.05) is 25.5 Å². The van der Waals surface area contributed by atoms with Crippen molar-refractivity contribution >= 4 is 9.84 Å². The maximum Gasteiger partial charge on any atom is 0.416 e. The SMILES string of the molecule is C[C@H]1C[C@](c2ccc(C(F)(F)F)cc2)(S(C)(=O)=O)C[C@@H](c2cn(C)nn2)N1. The second-order valence-corrected chi connectivity index (χ2v) is 9.51. The lowest BCUT2D eigenvalue weighted by molar-refractivity contribution is -0.137. The van der Waals surface area contributed by atoms with Crippen LogP contribution in [0.2, 0.25) is 0 Å². The molecule has 0 bridgehead atoms. The van der Waals surface area contributed by atoms with Crippen LogP contribution in [0.15, 0.2) is 30.5 Å². The Morgan fingerprint density at radius 2 is 1.85 bits per heavy atom. The molecule has 3 rings (SSSR count). The van der Waals surface area contributed by atoms with Gasteiger partial charge in [-0.1, -0.05) is 17.3 Å². The van der Waals surface area contributed by atoms with Gasteiger partial charge in [-0.05, 0) is 37.5 Å². The van der Waals surface area contributed by atoms with Gasteiger partial charge in [-0.2, -0.15) is 13.2 Å². The summed E-state index contributed by atoms with van der Waals surface area (Å²) in [5.74, 6) is 0. The van der Waals surface area contributed by atoms with Crippen LogP contribution in [0.1, 0.15) is 42.6 Å². The zero-order valence-electron chi connectivity index (χ0n) is 15.2. The molecule has 0 unspecified atom stereocenters. The highest BCUT2D eigenvalue weighted by Gasteiger charge is 2.49. The lowest BCUT2D eigenvalue weighted by atomic mass is 9.81. The molecule has 0 radical (unpaired) electrons. The van der Waals surface area contributed by atoms with E-state index < -0.39 is 26.3 Å². The molecule has 1 N–H and O–H groups in total. The molecule has 27 heavy (non-hydrogen) atoms. The van der Waals surface area contributed by atoms with Crippen molar-refractivity contribution in [3.8, 4) is 0 Å². The minimum Gasteiger partial charge on any atom is -0.306 e. The Morgan fingerprint density at radius 1 is 1.22 bits per heavy atom. The van der Waals surface area contributed by atoms with Gasteiger partial charge >= 0.3 is 6.18 Å². The summed E-state index contributed by atoms with van der Waals surface area (Å²) in [5, 5.41) is 11.3. The van der Waals surface area contributed by atoms with Crippen LogP contribution < -0.4 is 5.32 Å². The van der Waals surface area contributed by atoms with E-state index in [-0.39, 0.29) is 24.9 Å². The Morgan fingerprint density at radius 3 is 2.33 bits per heavy atom. The summed E-state index contributed by atoms with van der Waals surface area (Å²) in [7, 11) is -1.92. The van der Waals surface area contributed by atoms with Crippen molar-refractivity contribution in [2.75, 3.05) is 6.26 Å². The van der Waals surface area contributed by atoms with E-state index in [1.54, 1.807) is 13.2 Å². The van der Waals surface area contributed by atoms with Gasteiger partial charge in [-0.15, -0.1) is 5.10 Å². The Labute approximate surface area is 155 Å². The van der Waals surface area contributed by atoms with Crippen LogP contribution in [0, 0.1) is 0 Å². The molecule has 1 aliphatic rings. The van der Waals surface area contributed by atoms with Gasteiger partial charge in [0.1, 0.15) is 4.75 Å². The van der Waals surface area contributed by atoms with E-state index in [1.165, 1.54) is 16.8 Å². The number of hydrogen-bond donors (Lipinski definition) is 1. The lowest BCUT2D eigenvalue weighted by Gasteiger charge is -2.43. The summed E-state index contributed by atoms with van der Waals surface area (Å²) in [5.41, 5.74) is 0.159. The summed E-state index contributed by atoms with van der Waals surface area (Å²) >= 11 is 0. The maximum atomic E-state index is 12.9. The van der Waals surface area contributed by atoms with Gasteiger partial charge < -0.3 is 5.32 Å². The van der Waals surface area contributed by atoms with Crippen molar-refractivity contribution in [3.05, 3.63) is 47.3 Å². The molecule has 2 aromatic rings. The molecule has 3 atom stereocenters. The van der Waals surface area contributed by atoms with Crippen molar-refractivity contribution in [1.29, 1.82) is 0 Å². The second kappa shape index (κ2) is 6.59. The van der Waals surface area contributed by atoms with Gasteiger partial charge in [0.05, 0.1) is 17.3 Å². The highest BCUT2D eigenvalue weighted by atomic mass is 32.2. The normalized spacial score (nSPS) is 26.9. The van der Waals surface area contributed by atoms with Crippen molar-refractivity contribution in [3.63, 3.8) is 0 Å². The predicted molar refractivity (Wildman–Crippen MR) is 93.5 cm³/mol. The number of nitrogens with one attached hydrogen (secondary N) is 1. The summed E-state index contributed by atoms with van der Waals surface area (Å²) in [6.45, 7) is 1.85. The smallest absolute Gasteiger partial charge is 0.306 e. The molecule has 1 aromatic carbocycles. The van der Waals surface area contributed by atoms with E-state index in [9.17, 15) is 21.6 Å². The molecule has 0 amide bonds. The van der Waals surface area contributed by atoms with Crippen molar-refractivity contribution in [1.82, 2.24) is 20.3 Å². The molecule has 1 saturated heterocycles. The number of halogens is 3. The fourth-order valence-corrected chi connectivity index (χ4v) is 5.39. The van der Waals surface area contributed by atoms with Crippen LogP contribution in [-0.2, 0) is 27.8 Å².